The molecule has 0 aliphatic carbocycles. The van der Waals surface area contributed by atoms with Crippen LogP contribution >= 0.6 is 23.4 Å². The number of thioether (sulfide) groups is 1. The summed E-state index contributed by atoms with van der Waals surface area (Å²) in [5.74, 6) is 1.27. The molecular weight excluding hydrogens is 328 g/mol. The summed E-state index contributed by atoms with van der Waals surface area (Å²) in [7, 11) is 0. The van der Waals surface area contributed by atoms with E-state index in [4.69, 9.17) is 11.6 Å². The van der Waals surface area contributed by atoms with Gasteiger partial charge in [0.2, 0.25) is 0 Å². The second-order valence-corrected chi connectivity index (χ2v) is 7.11. The lowest BCUT2D eigenvalue weighted by Gasteiger charge is -2.10. The third kappa shape index (κ3) is 3.43. The second kappa shape index (κ2) is 6.38. The lowest BCUT2D eigenvalue weighted by molar-refractivity contribution is 1.04. The van der Waals surface area contributed by atoms with Crippen molar-refractivity contribution in [2.24, 2.45) is 0 Å². The van der Waals surface area contributed by atoms with Crippen LogP contribution in [0.15, 0.2) is 40.0 Å². The minimum atomic E-state index is -0.125. The average Bonchev–Trinajstić information content (AvgIpc) is 2.45. The first kappa shape index (κ1) is 16.1. The Morgan fingerprint density at radius 3 is 2.52 bits per heavy atom. The van der Waals surface area contributed by atoms with Crippen LogP contribution in [0, 0.1) is 20.8 Å². The van der Waals surface area contributed by atoms with Crippen molar-refractivity contribution in [1.29, 1.82) is 0 Å². The van der Waals surface area contributed by atoms with Gasteiger partial charge in [0.25, 0.3) is 5.56 Å². The topological polar surface area (TPSA) is 45.8 Å². The van der Waals surface area contributed by atoms with Crippen molar-refractivity contribution in [2.45, 2.75) is 31.4 Å². The Morgan fingerprint density at radius 2 is 1.83 bits per heavy atom. The average molecular weight is 345 g/mol. The van der Waals surface area contributed by atoms with Crippen LogP contribution in [-0.4, -0.2) is 9.97 Å². The summed E-state index contributed by atoms with van der Waals surface area (Å²) in [6.45, 7) is 6.32. The van der Waals surface area contributed by atoms with Crippen LogP contribution in [0.25, 0.3) is 10.9 Å². The molecule has 1 aromatic heterocycles. The molecule has 2 aromatic carbocycles. The molecule has 0 aliphatic rings. The maximum Gasteiger partial charge on any atom is 0.258 e. The van der Waals surface area contributed by atoms with Crippen molar-refractivity contribution in [3.8, 4) is 0 Å². The first-order valence-corrected chi connectivity index (χ1v) is 8.69. The fraction of sp³-hybridized carbons (Fsp3) is 0.222. The molecule has 3 nitrogen and oxygen atoms in total. The normalized spacial score (nSPS) is 11.1. The van der Waals surface area contributed by atoms with E-state index in [0.29, 0.717) is 27.5 Å². The van der Waals surface area contributed by atoms with E-state index in [-0.39, 0.29) is 5.56 Å². The van der Waals surface area contributed by atoms with Gasteiger partial charge in [0, 0.05) is 9.92 Å². The minimum Gasteiger partial charge on any atom is -0.309 e. The molecule has 23 heavy (non-hydrogen) atoms. The van der Waals surface area contributed by atoms with Gasteiger partial charge in [0.15, 0.2) is 0 Å². The summed E-state index contributed by atoms with van der Waals surface area (Å²) >= 11 is 7.69. The van der Waals surface area contributed by atoms with E-state index >= 15 is 0 Å². The Labute approximate surface area is 144 Å². The van der Waals surface area contributed by atoms with E-state index in [1.807, 2.05) is 0 Å². The first-order valence-electron chi connectivity index (χ1n) is 7.33. The van der Waals surface area contributed by atoms with Gasteiger partial charge in [0.05, 0.1) is 16.7 Å². The van der Waals surface area contributed by atoms with E-state index < -0.39 is 0 Å². The number of fused-ring (bicyclic) bond motifs is 1. The monoisotopic (exact) mass is 344 g/mol. The highest BCUT2D eigenvalue weighted by Gasteiger charge is 2.08. The molecule has 0 radical (unpaired) electrons. The lowest BCUT2D eigenvalue weighted by atomic mass is 10.1. The van der Waals surface area contributed by atoms with Gasteiger partial charge >= 0.3 is 0 Å². The van der Waals surface area contributed by atoms with E-state index in [9.17, 15) is 4.79 Å². The minimum absolute atomic E-state index is 0.125. The summed E-state index contributed by atoms with van der Waals surface area (Å²) in [6.07, 6.45) is 0. The first-order chi connectivity index (χ1) is 10.9. The number of nitrogens with zero attached hydrogens (tertiary/aromatic N) is 1. The molecule has 0 spiro atoms. The van der Waals surface area contributed by atoms with Crippen LogP contribution in [0.1, 0.15) is 22.5 Å². The summed E-state index contributed by atoms with van der Waals surface area (Å²) < 4.78 is 0. The van der Waals surface area contributed by atoms with Gasteiger partial charge in [-0.05, 0) is 50.1 Å². The molecule has 0 saturated carbocycles. The molecule has 0 atom stereocenters. The third-order valence-electron chi connectivity index (χ3n) is 3.68. The molecule has 118 valence electrons. The van der Waals surface area contributed by atoms with Crippen LogP contribution < -0.4 is 5.56 Å². The van der Waals surface area contributed by atoms with Gasteiger partial charge in [-0.2, -0.15) is 0 Å². The summed E-state index contributed by atoms with van der Waals surface area (Å²) in [6, 6.07) is 9.48. The van der Waals surface area contributed by atoms with Gasteiger partial charge in [-0.15, -0.1) is 11.8 Å². The molecule has 3 aromatic rings. The third-order valence-corrected chi connectivity index (χ3v) is 5.26. The number of hydrogen-bond acceptors (Lipinski definition) is 3. The van der Waals surface area contributed by atoms with Gasteiger partial charge in [-0.1, -0.05) is 29.3 Å². The van der Waals surface area contributed by atoms with E-state index in [2.05, 4.69) is 42.9 Å². The van der Waals surface area contributed by atoms with Gasteiger partial charge in [-0.25, -0.2) is 4.98 Å². The molecular formula is C18H17ClN2OS. The Morgan fingerprint density at radius 1 is 1.13 bits per heavy atom. The predicted molar refractivity (Wildman–Crippen MR) is 97.6 cm³/mol. The van der Waals surface area contributed by atoms with Crippen LogP contribution in [0.2, 0.25) is 5.02 Å². The Kier molecular flexibility index (Phi) is 4.46. The highest BCUT2D eigenvalue weighted by Crippen LogP contribution is 2.29. The number of benzene rings is 2. The zero-order valence-corrected chi connectivity index (χ0v) is 14.8. The molecule has 5 heteroatoms. The summed E-state index contributed by atoms with van der Waals surface area (Å²) in [5, 5.41) is 1.14. The number of H-pyrrole nitrogens is 1. The van der Waals surface area contributed by atoms with Crippen LogP contribution in [-0.2, 0) is 5.75 Å². The highest BCUT2D eigenvalue weighted by molar-refractivity contribution is 7.98. The lowest BCUT2D eigenvalue weighted by Crippen LogP contribution is -2.11. The SMILES string of the molecule is Cc1cc(C)c(SCc2nc3cc(Cl)ccc3c(=O)[nH]2)c(C)c1. The second-order valence-electron chi connectivity index (χ2n) is 5.69. The van der Waals surface area contributed by atoms with Crippen molar-refractivity contribution in [3.63, 3.8) is 0 Å². The van der Waals surface area contributed by atoms with E-state index in [0.717, 1.165) is 0 Å². The Bertz CT molecular complexity index is 926. The predicted octanol–water partition coefficient (Wildman–Crippen LogP) is 4.79. The summed E-state index contributed by atoms with van der Waals surface area (Å²) in [5.41, 5.74) is 4.27. The fourth-order valence-corrected chi connectivity index (χ4v) is 3.92. The zero-order valence-electron chi connectivity index (χ0n) is 13.2. The van der Waals surface area contributed by atoms with E-state index in [1.54, 1.807) is 30.0 Å². The molecule has 3 rings (SSSR count). The van der Waals surface area contributed by atoms with E-state index in [1.165, 1.54) is 21.6 Å². The zero-order chi connectivity index (χ0) is 16.6. The molecule has 0 amide bonds. The number of aromatic nitrogens is 2. The number of aromatic amines is 1. The van der Waals surface area contributed by atoms with Gasteiger partial charge in [-0.3, -0.25) is 4.79 Å². The number of rotatable bonds is 3. The van der Waals surface area contributed by atoms with Crippen LogP contribution in [0.5, 0.6) is 0 Å². The van der Waals surface area contributed by atoms with Gasteiger partial charge < -0.3 is 4.98 Å². The van der Waals surface area contributed by atoms with Crippen molar-refractivity contribution in [2.75, 3.05) is 0 Å². The molecule has 1 heterocycles. The van der Waals surface area contributed by atoms with Crippen molar-refractivity contribution in [1.82, 2.24) is 9.97 Å². The largest absolute Gasteiger partial charge is 0.309 e. The van der Waals surface area contributed by atoms with Gasteiger partial charge in [0.1, 0.15) is 5.82 Å². The number of hydrogen-bond donors (Lipinski definition) is 1. The Balaban J connectivity index is 1.92. The molecule has 0 unspecified atom stereocenters. The van der Waals surface area contributed by atoms with Crippen molar-refractivity contribution in [3.05, 3.63) is 68.2 Å². The molecule has 0 saturated heterocycles. The quantitative estimate of drug-likeness (QED) is 0.694. The molecule has 1 N–H and O–H groups in total. The van der Waals surface area contributed by atoms with Crippen molar-refractivity contribution < 1.29 is 0 Å². The molecule has 0 fully saturated rings. The van der Waals surface area contributed by atoms with Crippen LogP contribution in [0.4, 0.5) is 0 Å². The maximum absolute atomic E-state index is 12.2. The number of halogens is 1. The molecule has 0 bridgehead atoms. The standard InChI is InChI=1S/C18H17ClN2OS/c1-10-6-11(2)17(12(3)7-10)23-9-16-20-15-8-13(19)4-5-14(15)18(22)21-16/h4-8H,9H2,1-3H3,(H,20,21,22). The Hall–Kier alpha value is -1.78. The number of aryl methyl sites for hydroxylation is 3. The smallest absolute Gasteiger partial charge is 0.258 e. The number of nitrogens with one attached hydrogen (secondary N) is 1. The molecule has 0 aliphatic heterocycles. The van der Waals surface area contributed by atoms with Crippen LogP contribution in [0.3, 0.4) is 0 Å². The maximum atomic E-state index is 12.2. The summed E-state index contributed by atoms with van der Waals surface area (Å²) in [4.78, 5) is 20.8. The highest BCUT2D eigenvalue weighted by atomic mass is 35.5. The fourth-order valence-electron chi connectivity index (χ4n) is 2.76. The van der Waals surface area contributed by atoms with Crippen molar-refractivity contribution >= 4 is 34.3 Å².